The predicted molar refractivity (Wildman–Crippen MR) is 315 cm³/mol. The van der Waals surface area contributed by atoms with E-state index in [2.05, 4.69) is 262 Å². The molecule has 0 saturated heterocycles. The highest BCUT2D eigenvalue weighted by molar-refractivity contribution is 8.00. The van der Waals surface area contributed by atoms with Crippen LogP contribution >= 0.6 is 23.5 Å². The number of benzene rings is 11. The zero-order chi connectivity index (χ0) is 48.2. The molecular formula is C66H40B2N4S2. The Bertz CT molecular complexity index is 4150. The summed E-state index contributed by atoms with van der Waals surface area (Å²) in [5.41, 5.74) is 22.6. The zero-order valence-electron chi connectivity index (χ0n) is 39.9. The van der Waals surface area contributed by atoms with Crippen molar-refractivity contribution in [3.63, 3.8) is 0 Å². The second-order valence-corrected chi connectivity index (χ2v) is 22.1. The van der Waals surface area contributed by atoms with Gasteiger partial charge in [0.1, 0.15) is 0 Å². The second-order valence-electron chi connectivity index (χ2n) is 19.9. The van der Waals surface area contributed by atoms with Crippen LogP contribution in [0.4, 0.5) is 34.1 Å². The number of para-hydroxylation sites is 6. The highest BCUT2D eigenvalue weighted by Crippen LogP contribution is 2.51. The molecule has 4 aliphatic heterocycles. The molecule has 0 spiro atoms. The Labute approximate surface area is 437 Å². The lowest BCUT2D eigenvalue weighted by Gasteiger charge is -2.38. The molecule has 0 unspecified atom stereocenters. The molecule has 2 aromatic heterocycles. The van der Waals surface area contributed by atoms with Crippen LogP contribution in [0.1, 0.15) is 0 Å². The molecule has 0 radical (unpaired) electrons. The highest BCUT2D eigenvalue weighted by Gasteiger charge is 2.46. The van der Waals surface area contributed by atoms with Crippen molar-refractivity contribution >= 4 is 147 Å². The van der Waals surface area contributed by atoms with Crippen molar-refractivity contribution in [1.82, 2.24) is 9.13 Å². The molecule has 0 atom stereocenters. The molecule has 4 nitrogen and oxygen atoms in total. The van der Waals surface area contributed by atoms with Gasteiger partial charge in [-0.15, -0.1) is 0 Å². The van der Waals surface area contributed by atoms with Crippen LogP contribution in [0.15, 0.2) is 262 Å². The molecule has 0 saturated carbocycles. The van der Waals surface area contributed by atoms with Crippen molar-refractivity contribution in [2.24, 2.45) is 0 Å². The number of anilines is 6. The van der Waals surface area contributed by atoms with Crippen LogP contribution in [0.5, 0.6) is 0 Å². The molecule has 0 N–H and O–H groups in total. The quantitative estimate of drug-likeness (QED) is 0.154. The van der Waals surface area contributed by atoms with Gasteiger partial charge in [0.05, 0.1) is 33.4 Å². The average Bonchev–Trinajstić information content (AvgIpc) is 4.16. The summed E-state index contributed by atoms with van der Waals surface area (Å²) in [6.45, 7) is 0.0300. The van der Waals surface area contributed by atoms with Gasteiger partial charge in [0.25, 0.3) is 0 Å². The van der Waals surface area contributed by atoms with Gasteiger partial charge < -0.3 is 18.9 Å². The first-order valence-corrected chi connectivity index (χ1v) is 27.1. The number of rotatable bonds is 6. The summed E-state index contributed by atoms with van der Waals surface area (Å²) >= 11 is 3.85. The lowest BCUT2D eigenvalue weighted by atomic mass is 9.32. The minimum atomic E-state index is 0.0150. The van der Waals surface area contributed by atoms with Crippen molar-refractivity contribution in [2.75, 3.05) is 9.80 Å². The van der Waals surface area contributed by atoms with Crippen LogP contribution in [0.2, 0.25) is 0 Å². The summed E-state index contributed by atoms with van der Waals surface area (Å²) in [6.07, 6.45) is 0. The molecule has 0 amide bonds. The Morgan fingerprint density at radius 2 is 0.662 bits per heavy atom. The first kappa shape index (κ1) is 41.0. The van der Waals surface area contributed by atoms with Crippen LogP contribution < -0.4 is 42.6 Å². The summed E-state index contributed by atoms with van der Waals surface area (Å²) < 4.78 is 5.30. The summed E-state index contributed by atoms with van der Waals surface area (Å²) in [6, 6.07) is 90.6. The molecular weight excluding hydrogens is 935 g/mol. The van der Waals surface area contributed by atoms with Gasteiger partial charge in [0.15, 0.2) is 0 Å². The monoisotopic (exact) mass is 974 g/mol. The van der Waals surface area contributed by atoms with E-state index in [-0.39, 0.29) is 13.4 Å². The maximum absolute atomic E-state index is 2.66. The van der Waals surface area contributed by atoms with E-state index in [1.807, 2.05) is 23.5 Å². The standard InChI is InChI=1S/C66H40B2N4S2/c1-5-21-41(22-6-1)69(42-23-7-2-8-24-42)55-39-59-63-65-61(55)45-29-13-17-33-51(45)71(65)53-38-54-50(37-49(53)67(63)47-31-15-19-35-57(47)73-59)68-48-32-16-20-36-58(48)74-60-40-56(62-46-30-14-18-34-52(46)72(54)66(62)64(60)68)70(43-25-9-3-10-26-43)44-27-11-4-12-28-44/h1-40H. The number of aromatic nitrogens is 2. The molecule has 0 bridgehead atoms. The molecule has 17 rings (SSSR count). The smallest absolute Gasteiger partial charge is 0.249 e. The van der Waals surface area contributed by atoms with Crippen molar-refractivity contribution in [2.45, 2.75) is 19.6 Å². The molecule has 8 heteroatoms. The van der Waals surface area contributed by atoms with Gasteiger partial charge in [-0.25, -0.2) is 0 Å². The van der Waals surface area contributed by atoms with Crippen LogP contribution in [0, 0.1) is 0 Å². The van der Waals surface area contributed by atoms with E-state index in [0.717, 1.165) is 22.7 Å². The summed E-state index contributed by atoms with van der Waals surface area (Å²) in [5.74, 6) is 0. The molecule has 0 aliphatic carbocycles. The average molecular weight is 975 g/mol. The second kappa shape index (κ2) is 15.5. The number of nitrogens with zero attached hydrogens (tertiary/aromatic N) is 4. The highest BCUT2D eigenvalue weighted by atomic mass is 32.2. The molecule has 6 heterocycles. The van der Waals surface area contributed by atoms with E-state index >= 15 is 0 Å². The Morgan fingerprint density at radius 3 is 1.07 bits per heavy atom. The number of hydrogen-bond donors (Lipinski definition) is 0. The van der Waals surface area contributed by atoms with E-state index < -0.39 is 0 Å². The third kappa shape index (κ3) is 5.53. The van der Waals surface area contributed by atoms with E-state index in [9.17, 15) is 0 Å². The molecule has 0 fully saturated rings. The number of hydrogen-bond acceptors (Lipinski definition) is 4. The van der Waals surface area contributed by atoms with Crippen LogP contribution in [0.3, 0.4) is 0 Å². The van der Waals surface area contributed by atoms with Crippen molar-refractivity contribution in [1.29, 1.82) is 0 Å². The summed E-state index contributed by atoms with van der Waals surface area (Å²) in [5, 5.41) is 5.04. The fourth-order valence-corrected chi connectivity index (χ4v) is 15.7. The molecule has 13 aromatic rings. The van der Waals surface area contributed by atoms with Gasteiger partial charge in [-0.3, -0.25) is 0 Å². The fraction of sp³-hybridized carbons (Fsp3) is 0. The Kier molecular flexibility index (Phi) is 8.57. The van der Waals surface area contributed by atoms with E-state index in [1.54, 1.807) is 0 Å². The predicted octanol–water partition coefficient (Wildman–Crippen LogP) is 13.4. The van der Waals surface area contributed by atoms with Gasteiger partial charge in [0, 0.05) is 75.3 Å². The molecule has 74 heavy (non-hydrogen) atoms. The molecule has 342 valence electrons. The Morgan fingerprint density at radius 1 is 0.311 bits per heavy atom. The minimum absolute atomic E-state index is 0.0150. The summed E-state index contributed by atoms with van der Waals surface area (Å²) in [4.78, 5) is 10.2. The van der Waals surface area contributed by atoms with Crippen molar-refractivity contribution in [3.05, 3.63) is 243 Å². The van der Waals surface area contributed by atoms with Gasteiger partial charge in [0.2, 0.25) is 13.4 Å². The van der Waals surface area contributed by atoms with Crippen LogP contribution in [-0.2, 0) is 0 Å². The molecule has 11 aromatic carbocycles. The van der Waals surface area contributed by atoms with Gasteiger partial charge in [-0.1, -0.05) is 186 Å². The van der Waals surface area contributed by atoms with Gasteiger partial charge >= 0.3 is 0 Å². The zero-order valence-corrected chi connectivity index (χ0v) is 41.5. The third-order valence-corrected chi connectivity index (χ3v) is 18.4. The Hall–Kier alpha value is -8.55. The van der Waals surface area contributed by atoms with Crippen LogP contribution in [0.25, 0.3) is 55.0 Å². The first-order chi connectivity index (χ1) is 36.8. The Balaban J connectivity index is 1.03. The van der Waals surface area contributed by atoms with E-state index in [4.69, 9.17) is 0 Å². The minimum Gasteiger partial charge on any atom is -0.310 e. The third-order valence-electron chi connectivity index (χ3n) is 16.1. The van der Waals surface area contributed by atoms with E-state index in [1.165, 1.54) is 119 Å². The lowest BCUT2D eigenvalue weighted by molar-refractivity contribution is 1.14. The van der Waals surface area contributed by atoms with Crippen molar-refractivity contribution in [3.8, 4) is 11.4 Å². The number of fused-ring (bicyclic) bond motifs is 16. The lowest BCUT2D eigenvalue weighted by Crippen LogP contribution is -2.63. The largest absolute Gasteiger partial charge is 0.310 e. The first-order valence-electron chi connectivity index (χ1n) is 25.5. The normalized spacial score (nSPS) is 13.2. The van der Waals surface area contributed by atoms with Gasteiger partial charge in [-0.05, 0) is 113 Å². The SMILES string of the molecule is c1ccc(N(c2ccccc2)c2cc3c4c5c2c2ccccc2n5-c2cc5c(cc2B4c2ccccc2S3)B2c3ccccc3Sc3cc(N(c4ccccc4)c4ccccc4)c4c6ccccc6n-5c4c32)cc1. The van der Waals surface area contributed by atoms with Crippen molar-refractivity contribution < 1.29 is 0 Å². The van der Waals surface area contributed by atoms with E-state index in [0.29, 0.717) is 0 Å². The molecule has 4 aliphatic rings. The fourth-order valence-electron chi connectivity index (χ4n) is 13.3. The maximum Gasteiger partial charge on any atom is 0.249 e. The summed E-state index contributed by atoms with van der Waals surface area (Å²) in [7, 11) is 0. The van der Waals surface area contributed by atoms with Gasteiger partial charge in [-0.2, -0.15) is 0 Å². The maximum atomic E-state index is 2.66. The van der Waals surface area contributed by atoms with Crippen LogP contribution in [-0.4, -0.2) is 22.6 Å². The topological polar surface area (TPSA) is 16.3 Å².